The molecule has 0 bridgehead atoms. The second kappa shape index (κ2) is 18.1. The Morgan fingerprint density at radius 2 is 0.963 bits per heavy atom. The molecule has 0 spiro atoms. The van der Waals surface area contributed by atoms with Gasteiger partial charge in [0.05, 0.1) is 0 Å². The van der Waals surface area contributed by atoms with Gasteiger partial charge in [-0.2, -0.15) is 0 Å². The fraction of sp³-hybridized carbons (Fsp3) is 0.385. The topological polar surface area (TPSA) is 19.6 Å². The van der Waals surface area contributed by atoms with Crippen LogP contribution in [-0.4, -0.2) is 6.85 Å². The largest absolute Gasteiger partial charge is 0.456 e. The first-order valence-corrected chi connectivity index (χ1v) is 30.8. The van der Waals surface area contributed by atoms with Gasteiger partial charge in [0.25, 0.3) is 0 Å². The molecule has 1 aromatic heterocycles. The molecule has 3 heterocycles. The van der Waals surface area contributed by atoms with E-state index in [4.69, 9.17) is 4.42 Å². The molecule has 0 amide bonds. The van der Waals surface area contributed by atoms with E-state index in [1.54, 1.807) is 0 Å². The summed E-state index contributed by atoms with van der Waals surface area (Å²) in [5.41, 5.74) is 28.4. The molecule has 0 radical (unpaired) electrons. The fourth-order valence-corrected chi connectivity index (χ4v) is 15.0. The number of benzene rings is 8. The van der Waals surface area contributed by atoms with Crippen molar-refractivity contribution in [3.63, 3.8) is 0 Å². The van der Waals surface area contributed by atoms with E-state index in [0.29, 0.717) is 0 Å². The number of aryl methyl sites for hydroxylation is 1. The van der Waals surface area contributed by atoms with Gasteiger partial charge >= 0.3 is 6.85 Å². The molecule has 13 rings (SSSR count). The molecule has 3 nitrogen and oxygen atoms in total. The maximum atomic E-state index is 6.90. The molecule has 2 aliphatic heterocycles. The summed E-state index contributed by atoms with van der Waals surface area (Å²) >= 11 is 0. The van der Waals surface area contributed by atoms with Crippen LogP contribution in [0.25, 0.3) is 33.1 Å². The second-order valence-electron chi connectivity index (χ2n) is 31.2. The van der Waals surface area contributed by atoms with Gasteiger partial charge in [-0.1, -0.05) is 215 Å². The predicted octanol–water partition coefficient (Wildman–Crippen LogP) is 20.4. The minimum Gasteiger partial charge on any atom is -0.456 e. The number of para-hydroxylation sites is 1. The quantitative estimate of drug-likeness (QED) is 0.126. The average Bonchev–Trinajstić information content (AvgIpc) is 1.85. The van der Waals surface area contributed by atoms with Crippen molar-refractivity contribution in [3.8, 4) is 11.1 Å². The highest BCUT2D eigenvalue weighted by Crippen LogP contribution is 2.55. The SMILES string of the molecule is Cc1cc2c(cc1N1c3cc(C(c4ccc(C(C)(C)C)cc4)c4ccc(C(C)(C)C)cc4)ccc3B3c4c(cc(C(C)(C)C)cc41)-c1cc4c(cc1N3c1ccc3c(c1)C(C)(C)CCC3(C)C)oc1ccccc14)C(C)(C)CCC2(C)C. The molecule has 0 N–H and O–H groups in total. The van der Waals surface area contributed by atoms with Gasteiger partial charge in [0.15, 0.2) is 0 Å². The third-order valence-corrected chi connectivity index (χ3v) is 20.5. The van der Waals surface area contributed by atoms with Crippen LogP contribution in [0.2, 0.25) is 0 Å². The van der Waals surface area contributed by atoms with Gasteiger partial charge in [-0.05, 0) is 191 Å². The highest BCUT2D eigenvalue weighted by molar-refractivity contribution is 6.93. The molecule has 2 aliphatic carbocycles. The minimum absolute atomic E-state index is 0.00971. The molecule has 0 fully saturated rings. The monoisotopic (exact) mass is 1080 g/mol. The van der Waals surface area contributed by atoms with Crippen LogP contribution in [0.4, 0.5) is 28.4 Å². The Balaban J connectivity index is 1.16. The zero-order chi connectivity index (χ0) is 58.2. The van der Waals surface area contributed by atoms with Crippen molar-refractivity contribution in [2.24, 2.45) is 0 Å². The van der Waals surface area contributed by atoms with Crippen LogP contribution in [0.5, 0.6) is 0 Å². The van der Waals surface area contributed by atoms with Gasteiger partial charge in [-0.25, -0.2) is 0 Å². The number of rotatable bonds is 5. The Morgan fingerprint density at radius 1 is 0.427 bits per heavy atom. The Morgan fingerprint density at radius 3 is 1.55 bits per heavy atom. The summed E-state index contributed by atoms with van der Waals surface area (Å²) in [7, 11) is 0. The third-order valence-electron chi connectivity index (χ3n) is 20.5. The smallest absolute Gasteiger partial charge is 0.333 e. The molecule has 82 heavy (non-hydrogen) atoms. The lowest BCUT2D eigenvalue weighted by molar-refractivity contribution is 0.332. The lowest BCUT2D eigenvalue weighted by atomic mass is 9.43. The van der Waals surface area contributed by atoms with Crippen molar-refractivity contribution in [1.29, 1.82) is 0 Å². The number of hydrogen-bond donors (Lipinski definition) is 0. The lowest BCUT2D eigenvalue weighted by Gasteiger charge is -2.48. The molecule has 0 saturated heterocycles. The molecule has 0 unspecified atom stereocenters. The van der Waals surface area contributed by atoms with Crippen molar-refractivity contribution in [2.75, 3.05) is 9.71 Å². The van der Waals surface area contributed by atoms with E-state index in [1.807, 2.05) is 0 Å². The number of anilines is 5. The van der Waals surface area contributed by atoms with Gasteiger partial charge in [0, 0.05) is 56.8 Å². The van der Waals surface area contributed by atoms with Gasteiger partial charge in [0.1, 0.15) is 11.2 Å². The highest BCUT2D eigenvalue weighted by atomic mass is 16.3. The van der Waals surface area contributed by atoms with Gasteiger partial charge in [-0.3, -0.25) is 0 Å². The molecule has 418 valence electrons. The fourth-order valence-electron chi connectivity index (χ4n) is 15.0. The molecular formula is C78H87BN2O. The molecule has 0 atom stereocenters. The Labute approximate surface area is 491 Å². The lowest BCUT2D eigenvalue weighted by Crippen LogP contribution is -2.61. The second-order valence-corrected chi connectivity index (χ2v) is 31.2. The van der Waals surface area contributed by atoms with Crippen LogP contribution in [0.15, 0.2) is 150 Å². The van der Waals surface area contributed by atoms with E-state index >= 15 is 0 Å². The first-order valence-electron chi connectivity index (χ1n) is 30.8. The summed E-state index contributed by atoms with van der Waals surface area (Å²) in [5.74, 6) is -0.0202. The molecular weight excluding hydrogens is 992 g/mol. The van der Waals surface area contributed by atoms with Crippen LogP contribution in [0.1, 0.15) is 211 Å². The maximum absolute atomic E-state index is 6.90. The van der Waals surface area contributed by atoms with Crippen LogP contribution in [0.3, 0.4) is 0 Å². The van der Waals surface area contributed by atoms with Gasteiger partial charge < -0.3 is 14.1 Å². The Bertz CT molecular complexity index is 4010. The molecule has 8 aromatic carbocycles. The van der Waals surface area contributed by atoms with Crippen molar-refractivity contribution in [1.82, 2.24) is 0 Å². The minimum atomic E-state index is -0.171. The predicted molar refractivity (Wildman–Crippen MR) is 353 cm³/mol. The highest BCUT2D eigenvalue weighted by Gasteiger charge is 2.48. The first kappa shape index (κ1) is 54.5. The number of furan rings is 1. The van der Waals surface area contributed by atoms with E-state index in [9.17, 15) is 0 Å². The molecule has 4 aliphatic rings. The first-order chi connectivity index (χ1) is 38.4. The van der Waals surface area contributed by atoms with Crippen LogP contribution >= 0.6 is 0 Å². The van der Waals surface area contributed by atoms with Crippen molar-refractivity contribution >= 4 is 68.1 Å². The molecule has 4 heteroatoms. The van der Waals surface area contributed by atoms with Crippen LogP contribution in [0, 0.1) is 6.92 Å². The van der Waals surface area contributed by atoms with Crippen molar-refractivity contribution < 1.29 is 4.42 Å². The van der Waals surface area contributed by atoms with Gasteiger partial charge in [0.2, 0.25) is 0 Å². The summed E-state index contributed by atoms with van der Waals surface area (Å²) in [6.45, 7) is 43.1. The summed E-state index contributed by atoms with van der Waals surface area (Å²) in [6, 6.07) is 58.2. The van der Waals surface area contributed by atoms with E-state index in [1.165, 1.54) is 125 Å². The zero-order valence-corrected chi connectivity index (χ0v) is 52.6. The van der Waals surface area contributed by atoms with Crippen molar-refractivity contribution in [3.05, 3.63) is 207 Å². The van der Waals surface area contributed by atoms with E-state index in [2.05, 4.69) is 280 Å². The summed E-state index contributed by atoms with van der Waals surface area (Å²) < 4.78 is 6.90. The number of nitrogens with zero attached hydrogens (tertiary/aromatic N) is 2. The standard InChI is InChI=1S/C78H87BN2O/c1-47-39-60-62(78(17,18)38-37-76(60,13)14)45-64(47)80-66-40-50(70(48-23-28-51(29-24-48)72(2,3)4)49-25-30-52(31-26-49)73(5,6)7)27-34-63(66)79-71-58(41-53(42-67(71)80)74(8,9)10)56-44-57-55-21-19-20-22-68(55)82-69(57)46-65(56)81(79)54-32-33-59-61(43-54)77(15,16)36-35-75(59,11)12/h19-34,39-46,70H,35-38H2,1-18H3. The van der Waals surface area contributed by atoms with Gasteiger partial charge in [-0.15, -0.1) is 0 Å². The Kier molecular flexibility index (Phi) is 12.0. The summed E-state index contributed by atoms with van der Waals surface area (Å²) in [5, 5.41) is 2.30. The molecule has 9 aromatic rings. The van der Waals surface area contributed by atoms with E-state index < -0.39 is 0 Å². The van der Waals surface area contributed by atoms with Crippen LogP contribution in [-0.2, 0) is 37.9 Å². The molecule has 0 saturated carbocycles. The van der Waals surface area contributed by atoms with E-state index in [0.717, 1.165) is 34.8 Å². The number of fused-ring (bicyclic) bond motifs is 9. The number of hydrogen-bond acceptors (Lipinski definition) is 3. The van der Waals surface area contributed by atoms with E-state index in [-0.39, 0.29) is 50.7 Å². The zero-order valence-electron chi connectivity index (χ0n) is 52.6. The normalized spacial score (nSPS) is 17.6. The third kappa shape index (κ3) is 8.64. The average molecular weight is 1080 g/mol. The van der Waals surface area contributed by atoms with Crippen LogP contribution < -0.4 is 20.6 Å². The maximum Gasteiger partial charge on any atom is 0.333 e. The summed E-state index contributed by atoms with van der Waals surface area (Å²) in [6.07, 6.45) is 4.63. The summed E-state index contributed by atoms with van der Waals surface area (Å²) in [4.78, 5) is 5.48. The Hall–Kier alpha value is -6.78. The van der Waals surface area contributed by atoms with Crippen molar-refractivity contribution in [2.45, 2.75) is 194 Å².